The summed E-state index contributed by atoms with van der Waals surface area (Å²) in [6.45, 7) is 4.84. The number of hydrogen-bond acceptors (Lipinski definition) is 3. The summed E-state index contributed by atoms with van der Waals surface area (Å²) in [6, 6.07) is 0. The highest BCUT2D eigenvalue weighted by atomic mass is 32.2. The quantitative estimate of drug-likeness (QED) is 0.718. The predicted octanol–water partition coefficient (Wildman–Crippen LogP) is 1.31. The lowest BCUT2D eigenvalue weighted by Gasteiger charge is -2.24. The van der Waals surface area contributed by atoms with Crippen molar-refractivity contribution in [2.75, 3.05) is 12.8 Å². The van der Waals surface area contributed by atoms with Crippen molar-refractivity contribution in [2.45, 2.75) is 31.4 Å². The van der Waals surface area contributed by atoms with Gasteiger partial charge in [-0.05, 0) is 32.9 Å². The van der Waals surface area contributed by atoms with Crippen LogP contribution >= 0.6 is 24.0 Å². The van der Waals surface area contributed by atoms with Crippen molar-refractivity contribution in [1.29, 1.82) is 0 Å². The first-order valence-corrected chi connectivity index (χ1v) is 6.61. The Morgan fingerprint density at radius 2 is 2.13 bits per heavy atom. The molecule has 3 N–H and O–H groups in total. The maximum Gasteiger partial charge on any atom is 0.233 e. The lowest BCUT2D eigenvalue weighted by molar-refractivity contribution is -0.124. The number of thiocarbonyl (C=S) groups is 1. The van der Waals surface area contributed by atoms with Crippen molar-refractivity contribution in [3.63, 3.8) is 0 Å². The van der Waals surface area contributed by atoms with Crippen LogP contribution in [0.3, 0.4) is 0 Å². The second-order valence-corrected chi connectivity index (χ2v) is 6.55. The number of nitrogens with two attached hydrogens (primary N) is 1. The molecule has 1 rings (SSSR count). The topological polar surface area (TPSA) is 55.1 Å². The first-order valence-electron chi connectivity index (χ1n) is 4.97. The minimum Gasteiger partial charge on any atom is -0.392 e. The summed E-state index contributed by atoms with van der Waals surface area (Å²) >= 11 is 6.65. The Morgan fingerprint density at radius 1 is 1.60 bits per heavy atom. The van der Waals surface area contributed by atoms with Gasteiger partial charge in [0.1, 0.15) is 0 Å². The molecule has 0 aromatic carbocycles. The summed E-state index contributed by atoms with van der Waals surface area (Å²) in [5, 5.41) is 2.93. The number of carbonyl (C=O) groups excluding carboxylic acids is 1. The van der Waals surface area contributed by atoms with E-state index in [-0.39, 0.29) is 10.7 Å². The minimum absolute atomic E-state index is 0.00266. The third-order valence-electron chi connectivity index (χ3n) is 2.88. The Labute approximate surface area is 101 Å². The molecule has 1 saturated carbocycles. The summed E-state index contributed by atoms with van der Waals surface area (Å²) < 4.78 is 0.0575. The highest BCUT2D eigenvalue weighted by molar-refractivity contribution is 7.99. The van der Waals surface area contributed by atoms with E-state index >= 15 is 0 Å². The van der Waals surface area contributed by atoms with Gasteiger partial charge >= 0.3 is 0 Å². The molecule has 0 heterocycles. The molecular weight excluding hydrogens is 228 g/mol. The van der Waals surface area contributed by atoms with Gasteiger partial charge in [0.25, 0.3) is 0 Å². The Bertz CT molecular complexity index is 285. The molecule has 1 aliphatic carbocycles. The number of nitrogens with one attached hydrogen (secondary N) is 1. The van der Waals surface area contributed by atoms with E-state index in [1.54, 1.807) is 11.8 Å². The van der Waals surface area contributed by atoms with Gasteiger partial charge in [-0.2, -0.15) is 11.8 Å². The number of thioether (sulfide) groups is 1. The molecule has 0 spiro atoms. The fraction of sp³-hybridized carbons (Fsp3) is 0.800. The van der Waals surface area contributed by atoms with Gasteiger partial charge in [-0.25, -0.2) is 0 Å². The molecule has 0 aromatic rings. The molecule has 86 valence electrons. The van der Waals surface area contributed by atoms with Crippen LogP contribution in [0.1, 0.15) is 26.7 Å². The monoisotopic (exact) mass is 246 g/mol. The van der Waals surface area contributed by atoms with Crippen LogP contribution in [-0.4, -0.2) is 28.4 Å². The Balaban J connectivity index is 2.47. The van der Waals surface area contributed by atoms with Crippen LogP contribution in [0.2, 0.25) is 0 Å². The number of amides is 1. The lowest BCUT2D eigenvalue weighted by atomic mass is 10.1. The van der Waals surface area contributed by atoms with Crippen LogP contribution < -0.4 is 11.1 Å². The van der Waals surface area contributed by atoms with Gasteiger partial charge in [-0.15, -0.1) is 0 Å². The lowest BCUT2D eigenvalue weighted by Crippen LogP contribution is -2.44. The van der Waals surface area contributed by atoms with Gasteiger partial charge in [0, 0.05) is 11.3 Å². The molecule has 5 heteroatoms. The van der Waals surface area contributed by atoms with E-state index in [9.17, 15) is 4.79 Å². The smallest absolute Gasteiger partial charge is 0.233 e. The SMILES string of the molecule is CSC(C)(C)CNC(=O)C1(C(N)=S)CC1. The van der Waals surface area contributed by atoms with E-state index in [0.29, 0.717) is 11.5 Å². The number of hydrogen-bond donors (Lipinski definition) is 2. The van der Waals surface area contributed by atoms with Gasteiger partial charge in [-0.3, -0.25) is 4.79 Å². The average Bonchev–Trinajstić information content (AvgIpc) is 2.95. The zero-order valence-corrected chi connectivity index (χ0v) is 11.1. The summed E-state index contributed by atoms with van der Waals surface area (Å²) in [6.07, 6.45) is 3.63. The van der Waals surface area contributed by atoms with Crippen LogP contribution in [-0.2, 0) is 4.79 Å². The van der Waals surface area contributed by atoms with Crippen LogP contribution in [0.4, 0.5) is 0 Å². The molecular formula is C10H18N2OS2. The van der Waals surface area contributed by atoms with Crippen molar-refractivity contribution < 1.29 is 4.79 Å². The molecule has 0 saturated heterocycles. The van der Waals surface area contributed by atoms with Crippen LogP contribution in [0.25, 0.3) is 0 Å². The Kier molecular flexibility index (Phi) is 3.66. The second kappa shape index (κ2) is 4.29. The van der Waals surface area contributed by atoms with E-state index in [1.807, 2.05) is 6.26 Å². The van der Waals surface area contributed by atoms with Crippen LogP contribution in [0.15, 0.2) is 0 Å². The molecule has 0 atom stereocenters. The molecule has 15 heavy (non-hydrogen) atoms. The average molecular weight is 246 g/mol. The van der Waals surface area contributed by atoms with Gasteiger partial charge in [-0.1, -0.05) is 12.2 Å². The molecule has 0 radical (unpaired) electrons. The summed E-state index contributed by atoms with van der Waals surface area (Å²) in [7, 11) is 0. The number of carbonyl (C=O) groups is 1. The maximum atomic E-state index is 11.8. The molecule has 3 nitrogen and oxygen atoms in total. The predicted molar refractivity (Wildman–Crippen MR) is 69.1 cm³/mol. The largest absolute Gasteiger partial charge is 0.392 e. The van der Waals surface area contributed by atoms with Crippen molar-refractivity contribution in [1.82, 2.24) is 5.32 Å². The molecule has 0 unspecified atom stereocenters. The standard InChI is InChI=1S/C10H18N2OS2/c1-9(2,15-3)6-12-8(13)10(4-5-10)7(11)14/h4-6H2,1-3H3,(H2,11,14)(H,12,13). The molecule has 0 aromatic heterocycles. The fourth-order valence-electron chi connectivity index (χ4n) is 1.24. The molecule has 1 amide bonds. The van der Waals surface area contributed by atoms with E-state index in [1.165, 1.54) is 0 Å². The molecule has 1 fully saturated rings. The molecule has 0 bridgehead atoms. The van der Waals surface area contributed by atoms with E-state index in [4.69, 9.17) is 18.0 Å². The first-order chi connectivity index (χ1) is 6.84. The van der Waals surface area contributed by atoms with Crippen molar-refractivity contribution in [3.8, 4) is 0 Å². The highest BCUT2D eigenvalue weighted by Crippen LogP contribution is 2.46. The van der Waals surface area contributed by atoms with Crippen LogP contribution in [0, 0.1) is 5.41 Å². The molecule has 0 aliphatic heterocycles. The highest BCUT2D eigenvalue weighted by Gasteiger charge is 2.52. The maximum absolute atomic E-state index is 11.8. The third-order valence-corrected chi connectivity index (χ3v) is 4.52. The van der Waals surface area contributed by atoms with Crippen molar-refractivity contribution in [3.05, 3.63) is 0 Å². The first kappa shape index (κ1) is 12.8. The van der Waals surface area contributed by atoms with E-state index < -0.39 is 5.41 Å². The zero-order chi connectivity index (χ0) is 11.7. The van der Waals surface area contributed by atoms with Gasteiger partial charge in [0.15, 0.2) is 0 Å². The van der Waals surface area contributed by atoms with Gasteiger partial charge in [0.05, 0.1) is 10.4 Å². The fourth-order valence-corrected chi connectivity index (χ4v) is 1.76. The summed E-state index contributed by atoms with van der Waals surface area (Å²) in [4.78, 5) is 12.2. The third kappa shape index (κ3) is 2.84. The van der Waals surface area contributed by atoms with E-state index in [0.717, 1.165) is 12.8 Å². The normalized spacial score (nSPS) is 18.3. The Morgan fingerprint density at radius 3 is 2.47 bits per heavy atom. The number of rotatable bonds is 5. The Hall–Kier alpha value is -0.290. The summed E-state index contributed by atoms with van der Waals surface area (Å²) in [5.74, 6) is -0.00266. The van der Waals surface area contributed by atoms with Gasteiger partial charge < -0.3 is 11.1 Å². The molecule has 1 aliphatic rings. The zero-order valence-electron chi connectivity index (χ0n) is 9.42. The van der Waals surface area contributed by atoms with Crippen LogP contribution in [0.5, 0.6) is 0 Å². The minimum atomic E-state index is -0.524. The van der Waals surface area contributed by atoms with Crippen molar-refractivity contribution >= 4 is 34.9 Å². The summed E-state index contributed by atoms with van der Waals surface area (Å²) in [5.41, 5.74) is 5.05. The van der Waals surface area contributed by atoms with Crippen molar-refractivity contribution in [2.24, 2.45) is 11.1 Å². The second-order valence-electron chi connectivity index (χ2n) is 4.59. The van der Waals surface area contributed by atoms with Gasteiger partial charge in [0.2, 0.25) is 5.91 Å². The van der Waals surface area contributed by atoms with E-state index in [2.05, 4.69) is 19.2 Å².